The topological polar surface area (TPSA) is 6.48 Å². The molecule has 1 aliphatic heterocycles. The maximum Gasteiger partial charge on any atom is 0.460 e. The Kier molecular flexibility index (Phi) is 3.53. The monoisotopic (exact) mass is 248 g/mol. The number of alkyl halides is 5. The van der Waals surface area contributed by atoms with Crippen LogP contribution in [0.4, 0.5) is 26.3 Å². The molecule has 94 valence electrons. The summed E-state index contributed by atoms with van der Waals surface area (Å²) in [5.74, 6) is -1.85. The van der Waals surface area contributed by atoms with E-state index in [2.05, 4.69) is 6.58 Å². The van der Waals surface area contributed by atoms with Crippen LogP contribution < -0.4 is 0 Å². The van der Waals surface area contributed by atoms with E-state index in [0.29, 0.717) is 4.90 Å². The van der Waals surface area contributed by atoms with E-state index in [-0.39, 0.29) is 4.90 Å². The third-order valence-corrected chi connectivity index (χ3v) is 2.36. The Morgan fingerprint density at radius 1 is 0.875 bits per heavy atom. The van der Waals surface area contributed by atoms with Crippen LogP contribution in [-0.2, 0) is 0 Å². The second-order valence-electron chi connectivity index (χ2n) is 3.39. The molecule has 0 N–H and O–H groups in total. The molecular weight excluding hydrogens is 238 g/mol. The van der Waals surface area contributed by atoms with E-state index in [1.807, 2.05) is 0 Å². The molecule has 0 aromatic heterocycles. The Bertz CT molecular complexity index is 266. The van der Waals surface area contributed by atoms with Crippen molar-refractivity contribution in [1.82, 2.24) is 9.80 Å². The van der Waals surface area contributed by atoms with Gasteiger partial charge in [0, 0.05) is 26.2 Å². The largest absolute Gasteiger partial charge is 0.460 e. The fourth-order valence-electron chi connectivity index (χ4n) is 1.41. The zero-order chi connectivity index (χ0) is 12.6. The Hall–Kier alpha value is -0.760. The van der Waals surface area contributed by atoms with Crippen LogP contribution in [0.2, 0.25) is 0 Å². The fraction of sp³-hybridized carbons (Fsp3) is 0.750. The van der Waals surface area contributed by atoms with Gasteiger partial charge in [-0.1, -0.05) is 6.58 Å². The molecule has 0 aromatic carbocycles. The third kappa shape index (κ3) is 2.67. The summed E-state index contributed by atoms with van der Waals surface area (Å²) in [7, 11) is 0. The molecule has 0 saturated carbocycles. The highest BCUT2D eigenvalue weighted by atomic mass is 19.4. The Morgan fingerprint density at radius 3 is 1.56 bits per heavy atom. The highest BCUT2D eigenvalue weighted by molar-refractivity contribution is 4.98. The van der Waals surface area contributed by atoms with E-state index in [1.54, 1.807) is 0 Å². The molecule has 2 nitrogen and oxygen atoms in total. The second-order valence-corrected chi connectivity index (χ2v) is 3.39. The average Bonchev–Trinajstić information content (AvgIpc) is 2.16. The molecule has 0 aromatic rings. The van der Waals surface area contributed by atoms with E-state index in [0.717, 1.165) is 0 Å². The highest BCUT2D eigenvalue weighted by Crippen LogP contribution is 2.31. The average molecular weight is 248 g/mol. The lowest BCUT2D eigenvalue weighted by molar-refractivity contribution is -0.262. The van der Waals surface area contributed by atoms with Crippen LogP contribution in [0.3, 0.4) is 0 Å². The summed E-state index contributed by atoms with van der Waals surface area (Å²) in [6, 6.07) is -3.89. The van der Waals surface area contributed by atoms with E-state index in [9.17, 15) is 26.3 Å². The van der Waals surface area contributed by atoms with Crippen molar-refractivity contribution in [3.05, 3.63) is 12.4 Å². The van der Waals surface area contributed by atoms with Gasteiger partial charge in [-0.3, -0.25) is 0 Å². The van der Waals surface area contributed by atoms with Gasteiger partial charge in [0.25, 0.3) is 0 Å². The van der Waals surface area contributed by atoms with Crippen molar-refractivity contribution in [1.29, 1.82) is 0 Å². The lowest BCUT2D eigenvalue weighted by atomic mass is 10.3. The molecule has 0 aliphatic carbocycles. The summed E-state index contributed by atoms with van der Waals surface area (Å²) in [6.45, 7) is 0.146. The van der Waals surface area contributed by atoms with Gasteiger partial charge < -0.3 is 0 Å². The minimum atomic E-state index is -4.53. The van der Waals surface area contributed by atoms with Crippen LogP contribution in [0, 0.1) is 0 Å². The number of piperazine rings is 1. The van der Waals surface area contributed by atoms with Crippen molar-refractivity contribution in [2.45, 2.75) is 12.3 Å². The number of hydrogen-bond donors (Lipinski definition) is 0. The van der Waals surface area contributed by atoms with Gasteiger partial charge in [-0.25, -0.2) is 14.2 Å². The van der Waals surface area contributed by atoms with Gasteiger partial charge in [0.15, 0.2) is 5.83 Å². The molecule has 1 fully saturated rings. The first kappa shape index (κ1) is 13.3. The van der Waals surface area contributed by atoms with Gasteiger partial charge in [-0.15, -0.1) is 0 Å². The van der Waals surface area contributed by atoms with Crippen molar-refractivity contribution in [2.24, 2.45) is 0 Å². The van der Waals surface area contributed by atoms with Crippen molar-refractivity contribution in [3.63, 3.8) is 0 Å². The van der Waals surface area contributed by atoms with Gasteiger partial charge in [0.2, 0.25) is 0 Å². The van der Waals surface area contributed by atoms with Crippen LogP contribution >= 0.6 is 0 Å². The second kappa shape index (κ2) is 4.25. The zero-order valence-corrected chi connectivity index (χ0v) is 8.20. The number of hydrogen-bond acceptors (Lipinski definition) is 2. The summed E-state index contributed by atoms with van der Waals surface area (Å²) in [4.78, 5) is 0.456. The van der Waals surface area contributed by atoms with Crippen LogP contribution in [0.1, 0.15) is 0 Å². The summed E-state index contributed by atoms with van der Waals surface area (Å²) in [6.07, 6.45) is -4.53. The van der Waals surface area contributed by atoms with Crippen molar-refractivity contribution in [3.8, 4) is 0 Å². The van der Waals surface area contributed by atoms with Crippen molar-refractivity contribution < 1.29 is 26.3 Å². The normalized spacial score (nSPS) is 21.1. The maximum atomic E-state index is 13.0. The zero-order valence-electron chi connectivity index (χ0n) is 8.20. The molecule has 0 spiro atoms. The summed E-state index contributed by atoms with van der Waals surface area (Å²) < 4.78 is 74.8. The van der Waals surface area contributed by atoms with Gasteiger partial charge in [0.1, 0.15) is 0 Å². The Balaban J connectivity index is 2.59. The molecule has 16 heavy (non-hydrogen) atoms. The van der Waals surface area contributed by atoms with E-state index in [4.69, 9.17) is 0 Å². The van der Waals surface area contributed by atoms with Crippen molar-refractivity contribution >= 4 is 0 Å². The Labute approximate surface area is 88.1 Å². The summed E-state index contributed by atoms with van der Waals surface area (Å²) in [5.41, 5.74) is 0. The first-order valence-electron chi connectivity index (χ1n) is 4.45. The molecule has 1 rings (SSSR count). The first-order valence-corrected chi connectivity index (χ1v) is 4.45. The van der Waals surface area contributed by atoms with Crippen LogP contribution in [0.15, 0.2) is 12.4 Å². The number of halogens is 6. The maximum absolute atomic E-state index is 13.0. The van der Waals surface area contributed by atoms with Gasteiger partial charge in [-0.05, 0) is 0 Å². The van der Waals surface area contributed by atoms with E-state index >= 15 is 0 Å². The molecule has 0 unspecified atom stereocenters. The molecule has 0 radical (unpaired) electrons. The van der Waals surface area contributed by atoms with Crippen LogP contribution in [-0.4, -0.2) is 48.3 Å². The molecular formula is C8H10F6N2. The van der Waals surface area contributed by atoms with Crippen LogP contribution in [0.25, 0.3) is 0 Å². The lowest BCUT2D eigenvalue weighted by Gasteiger charge is -2.38. The summed E-state index contributed by atoms with van der Waals surface area (Å²) >= 11 is 0. The van der Waals surface area contributed by atoms with Gasteiger partial charge >= 0.3 is 12.3 Å². The van der Waals surface area contributed by atoms with E-state index < -0.39 is 44.4 Å². The minimum Gasteiger partial charge on any atom is -0.236 e. The summed E-state index contributed by atoms with van der Waals surface area (Å²) in [5, 5.41) is 0. The smallest absolute Gasteiger partial charge is 0.236 e. The SMILES string of the molecule is C=C(F)C(F)(F)N1CCN(C(F)(F)F)CC1. The number of nitrogens with zero attached hydrogens (tertiary/aromatic N) is 2. The molecule has 0 bridgehead atoms. The van der Waals surface area contributed by atoms with Gasteiger partial charge in [0.05, 0.1) is 0 Å². The molecule has 1 heterocycles. The van der Waals surface area contributed by atoms with Gasteiger partial charge in [-0.2, -0.15) is 22.0 Å². The molecule has 8 heteroatoms. The molecule has 1 aliphatic rings. The molecule has 1 saturated heterocycles. The minimum absolute atomic E-state index is 0.112. The predicted octanol–water partition coefficient (Wildman–Crippen LogP) is 2.20. The van der Waals surface area contributed by atoms with Crippen LogP contribution in [0.5, 0.6) is 0 Å². The molecule has 0 atom stereocenters. The van der Waals surface area contributed by atoms with E-state index in [1.165, 1.54) is 0 Å². The third-order valence-electron chi connectivity index (χ3n) is 2.36. The Morgan fingerprint density at radius 2 is 1.25 bits per heavy atom. The lowest BCUT2D eigenvalue weighted by Crippen LogP contribution is -2.56. The fourth-order valence-corrected chi connectivity index (χ4v) is 1.41. The molecule has 0 amide bonds. The first-order chi connectivity index (χ1) is 7.15. The highest BCUT2D eigenvalue weighted by Gasteiger charge is 2.46. The standard InChI is InChI=1S/C8H10F6N2/c1-6(9)7(10,11)15-2-4-16(5-3-15)8(12,13)14/h1-5H2. The number of rotatable bonds is 2. The predicted molar refractivity (Wildman–Crippen MR) is 44.4 cm³/mol. The van der Waals surface area contributed by atoms with Crippen molar-refractivity contribution in [2.75, 3.05) is 26.2 Å². The quantitative estimate of drug-likeness (QED) is 0.546.